The molecule has 10 rings (SSSR count). The van der Waals surface area contributed by atoms with Gasteiger partial charge in [-0.05, 0) is 114 Å². The van der Waals surface area contributed by atoms with Gasteiger partial charge in [-0.2, -0.15) is 0 Å². The number of benzene rings is 7. The van der Waals surface area contributed by atoms with E-state index in [1.54, 1.807) is 0 Å². The Morgan fingerprint density at radius 2 is 0.906 bits per heavy atom. The predicted octanol–water partition coefficient (Wildman–Crippen LogP) is 13.6. The van der Waals surface area contributed by atoms with E-state index in [2.05, 4.69) is 202 Å². The molecular weight excluding hydrogens is 639 g/mol. The van der Waals surface area contributed by atoms with Gasteiger partial charge in [-0.25, -0.2) is 0 Å². The van der Waals surface area contributed by atoms with Crippen molar-refractivity contribution in [2.45, 2.75) is 24.7 Å². The molecule has 0 fully saturated rings. The molecule has 1 spiro atoms. The molecule has 3 aliphatic rings. The zero-order valence-electron chi connectivity index (χ0n) is 30.1. The SMILES string of the molecule is C=C/C=C1\C(=C)C(C)(C)c2cc(N(c3ccc(-c4ccccc4)cc3)c3ccc4c(c3)C3(c5ccccc5-c5ccccc53)c3ccccc3-4)ccc21. The van der Waals surface area contributed by atoms with Crippen molar-refractivity contribution >= 4 is 22.6 Å². The van der Waals surface area contributed by atoms with E-state index in [4.69, 9.17) is 0 Å². The van der Waals surface area contributed by atoms with Crippen molar-refractivity contribution < 1.29 is 0 Å². The molecule has 0 unspecified atom stereocenters. The van der Waals surface area contributed by atoms with Crippen molar-refractivity contribution in [3.05, 3.63) is 228 Å². The van der Waals surface area contributed by atoms with Crippen molar-refractivity contribution in [2.24, 2.45) is 0 Å². The van der Waals surface area contributed by atoms with Crippen LogP contribution in [0.15, 0.2) is 195 Å². The Hall–Kier alpha value is -6.44. The lowest BCUT2D eigenvalue weighted by atomic mass is 9.70. The van der Waals surface area contributed by atoms with Gasteiger partial charge >= 0.3 is 0 Å². The highest BCUT2D eigenvalue weighted by molar-refractivity contribution is 5.97. The summed E-state index contributed by atoms with van der Waals surface area (Å²) in [6.07, 6.45) is 3.97. The Morgan fingerprint density at radius 1 is 0.453 bits per heavy atom. The monoisotopic (exact) mass is 677 g/mol. The molecule has 0 aromatic heterocycles. The van der Waals surface area contributed by atoms with Gasteiger partial charge in [0.1, 0.15) is 0 Å². The van der Waals surface area contributed by atoms with Crippen LogP contribution in [0.4, 0.5) is 17.1 Å². The third kappa shape index (κ3) is 4.31. The first kappa shape index (κ1) is 31.3. The minimum absolute atomic E-state index is 0.218. The lowest BCUT2D eigenvalue weighted by Crippen LogP contribution is -2.26. The molecule has 0 saturated carbocycles. The molecule has 0 bridgehead atoms. The van der Waals surface area contributed by atoms with Crippen LogP contribution >= 0.6 is 0 Å². The van der Waals surface area contributed by atoms with Crippen LogP contribution in [0.25, 0.3) is 39.0 Å². The van der Waals surface area contributed by atoms with Gasteiger partial charge in [0.25, 0.3) is 0 Å². The summed E-state index contributed by atoms with van der Waals surface area (Å²) in [6.45, 7) is 13.1. The van der Waals surface area contributed by atoms with Gasteiger partial charge in [0.15, 0.2) is 0 Å². The number of rotatable bonds is 5. The first-order chi connectivity index (χ1) is 25.9. The summed E-state index contributed by atoms with van der Waals surface area (Å²) in [7, 11) is 0. The third-order valence-electron chi connectivity index (χ3n) is 12.1. The Labute approximate surface area is 312 Å². The Kier molecular flexibility index (Phi) is 6.81. The molecule has 0 amide bonds. The average molecular weight is 678 g/mol. The molecule has 0 aliphatic heterocycles. The summed E-state index contributed by atoms with van der Waals surface area (Å²) in [5, 5.41) is 0. The molecular formula is C52H39N. The molecule has 1 heteroatoms. The lowest BCUT2D eigenvalue weighted by molar-refractivity contribution is 0.663. The average Bonchev–Trinajstić information content (AvgIpc) is 3.74. The van der Waals surface area contributed by atoms with Crippen molar-refractivity contribution in [1.29, 1.82) is 0 Å². The van der Waals surface area contributed by atoms with Crippen LogP contribution in [-0.4, -0.2) is 0 Å². The van der Waals surface area contributed by atoms with Gasteiger partial charge in [0.05, 0.1) is 5.41 Å². The highest BCUT2D eigenvalue weighted by Crippen LogP contribution is 2.63. The van der Waals surface area contributed by atoms with E-state index in [0.717, 1.165) is 22.6 Å². The maximum absolute atomic E-state index is 4.56. The lowest BCUT2D eigenvalue weighted by Gasteiger charge is -2.32. The number of allylic oxidation sites excluding steroid dienone is 4. The second kappa shape index (κ2) is 11.5. The van der Waals surface area contributed by atoms with Crippen LogP contribution in [-0.2, 0) is 10.8 Å². The van der Waals surface area contributed by atoms with Gasteiger partial charge in [0, 0.05) is 22.5 Å². The molecule has 0 atom stereocenters. The molecule has 53 heavy (non-hydrogen) atoms. The second-order valence-corrected chi connectivity index (χ2v) is 15.0. The molecule has 1 nitrogen and oxygen atoms in total. The number of hydrogen-bond donors (Lipinski definition) is 0. The molecule has 7 aromatic rings. The number of fused-ring (bicyclic) bond motifs is 11. The summed E-state index contributed by atoms with van der Waals surface area (Å²) in [5.41, 5.74) is 20.5. The molecule has 7 aromatic carbocycles. The van der Waals surface area contributed by atoms with E-state index in [9.17, 15) is 0 Å². The van der Waals surface area contributed by atoms with Gasteiger partial charge in [-0.1, -0.05) is 167 Å². The van der Waals surface area contributed by atoms with E-state index in [1.807, 2.05) is 6.08 Å². The fourth-order valence-electron chi connectivity index (χ4n) is 9.50. The Morgan fingerprint density at radius 3 is 1.47 bits per heavy atom. The largest absolute Gasteiger partial charge is 0.310 e. The number of hydrogen-bond acceptors (Lipinski definition) is 1. The van der Waals surface area contributed by atoms with Crippen molar-refractivity contribution in [2.75, 3.05) is 4.90 Å². The summed E-state index contributed by atoms with van der Waals surface area (Å²) >= 11 is 0. The van der Waals surface area contributed by atoms with Crippen LogP contribution < -0.4 is 4.90 Å². The zero-order valence-corrected chi connectivity index (χ0v) is 30.1. The summed E-state index contributed by atoms with van der Waals surface area (Å²) in [6, 6.07) is 60.8. The molecule has 0 N–H and O–H groups in total. The van der Waals surface area contributed by atoms with Crippen molar-refractivity contribution in [3.8, 4) is 33.4 Å². The smallest absolute Gasteiger partial charge is 0.0726 e. The summed E-state index contributed by atoms with van der Waals surface area (Å²) in [5.74, 6) is 0. The van der Waals surface area contributed by atoms with E-state index in [-0.39, 0.29) is 5.41 Å². The van der Waals surface area contributed by atoms with Crippen LogP contribution in [0.3, 0.4) is 0 Å². The Bertz CT molecular complexity index is 2610. The van der Waals surface area contributed by atoms with E-state index in [0.29, 0.717) is 0 Å². The van der Waals surface area contributed by atoms with Crippen LogP contribution in [0.1, 0.15) is 47.2 Å². The normalized spacial score (nSPS) is 15.8. The molecule has 0 heterocycles. The van der Waals surface area contributed by atoms with Gasteiger partial charge in [-0.15, -0.1) is 0 Å². The minimum atomic E-state index is -0.417. The fraction of sp³-hybridized carbons (Fsp3) is 0.0769. The van der Waals surface area contributed by atoms with Gasteiger partial charge in [-0.3, -0.25) is 0 Å². The second-order valence-electron chi connectivity index (χ2n) is 15.0. The first-order valence-corrected chi connectivity index (χ1v) is 18.5. The van der Waals surface area contributed by atoms with E-state index < -0.39 is 5.41 Å². The quantitative estimate of drug-likeness (QED) is 0.175. The third-order valence-corrected chi connectivity index (χ3v) is 12.1. The molecule has 252 valence electrons. The van der Waals surface area contributed by atoms with Gasteiger partial charge < -0.3 is 4.90 Å². The number of anilines is 3. The summed E-state index contributed by atoms with van der Waals surface area (Å²) < 4.78 is 0. The van der Waals surface area contributed by atoms with Crippen molar-refractivity contribution in [1.82, 2.24) is 0 Å². The highest BCUT2D eigenvalue weighted by Gasteiger charge is 2.51. The molecule has 0 radical (unpaired) electrons. The van der Waals surface area contributed by atoms with Gasteiger partial charge in [0.2, 0.25) is 0 Å². The minimum Gasteiger partial charge on any atom is -0.310 e. The fourth-order valence-corrected chi connectivity index (χ4v) is 9.50. The maximum atomic E-state index is 4.56. The highest BCUT2D eigenvalue weighted by atomic mass is 15.1. The summed E-state index contributed by atoms with van der Waals surface area (Å²) in [4.78, 5) is 2.44. The van der Waals surface area contributed by atoms with Crippen molar-refractivity contribution in [3.63, 3.8) is 0 Å². The Balaban J connectivity index is 1.22. The maximum Gasteiger partial charge on any atom is 0.0726 e. The predicted molar refractivity (Wildman–Crippen MR) is 223 cm³/mol. The van der Waals surface area contributed by atoms with E-state index >= 15 is 0 Å². The van der Waals surface area contributed by atoms with Crippen LogP contribution in [0, 0.1) is 0 Å². The van der Waals surface area contributed by atoms with Crippen LogP contribution in [0.5, 0.6) is 0 Å². The number of nitrogens with zero attached hydrogens (tertiary/aromatic N) is 1. The van der Waals surface area contributed by atoms with Crippen LogP contribution in [0.2, 0.25) is 0 Å². The topological polar surface area (TPSA) is 3.24 Å². The first-order valence-electron chi connectivity index (χ1n) is 18.5. The molecule has 3 aliphatic carbocycles. The zero-order chi connectivity index (χ0) is 35.9. The van der Waals surface area contributed by atoms with E-state index in [1.165, 1.54) is 72.3 Å². The standard InChI is InChI=1S/C52H39N/c1-5-15-40-34(2)51(3,4)49-32-38(28-30-44(40)49)53(37-26-24-36(25-27-37)35-16-7-6-8-17-35)39-29-31-45-43-20-11-14-23-48(43)52(50(45)33-39)46-21-12-9-18-41(46)42-19-10-13-22-47(42)52/h5-33H,1-2H2,3-4H3/b40-15+. The molecule has 0 saturated heterocycles.